The monoisotopic (exact) mass is 330 g/mol. The van der Waals surface area contributed by atoms with Crippen molar-refractivity contribution in [2.75, 3.05) is 6.61 Å². The van der Waals surface area contributed by atoms with Gasteiger partial charge in [0, 0.05) is 0 Å². The standard InChI is InChI=1S/C16H34O4S.Li.H/c1-2-3-4-5-6-7-8-9-10-11-12-13-14-15-16-20-21(17,18)19;;/h2-16H2,1H3,(H,17,18,19);;. The Kier molecular flexibility index (Phi) is 20.0. The van der Waals surface area contributed by atoms with Crippen molar-refractivity contribution in [2.24, 2.45) is 0 Å². The van der Waals surface area contributed by atoms with Crippen LogP contribution in [0.3, 0.4) is 0 Å². The Bertz CT molecular complexity index is 307. The first-order valence-corrected chi connectivity index (χ1v) is 10.0. The Morgan fingerprint density at radius 3 is 1.32 bits per heavy atom. The fourth-order valence-electron chi connectivity index (χ4n) is 2.46. The van der Waals surface area contributed by atoms with Gasteiger partial charge in [0.1, 0.15) is 0 Å². The number of rotatable bonds is 16. The quantitative estimate of drug-likeness (QED) is 0.254. The minimum atomic E-state index is -4.24. The predicted octanol–water partition coefficient (Wildman–Crippen LogP) is 4.64. The Balaban J connectivity index is 0. The third-order valence-corrected chi connectivity index (χ3v) is 4.19. The van der Waals surface area contributed by atoms with Gasteiger partial charge in [-0.1, -0.05) is 90.4 Å². The summed E-state index contributed by atoms with van der Waals surface area (Å²) >= 11 is 0. The molecule has 0 rings (SSSR count). The van der Waals surface area contributed by atoms with Gasteiger partial charge in [0.25, 0.3) is 0 Å². The molecule has 0 spiro atoms. The van der Waals surface area contributed by atoms with Gasteiger partial charge in [0.05, 0.1) is 6.61 Å². The summed E-state index contributed by atoms with van der Waals surface area (Å²) in [6, 6.07) is 0. The summed E-state index contributed by atoms with van der Waals surface area (Å²) in [5.74, 6) is 0. The van der Waals surface area contributed by atoms with E-state index in [1.807, 2.05) is 0 Å². The SMILES string of the molecule is CCCCCCCCCCCCCCCCOS(=O)(=O)O.[LiH]. The van der Waals surface area contributed by atoms with E-state index in [0.29, 0.717) is 6.42 Å². The Hall–Kier alpha value is 0.467. The molecule has 22 heavy (non-hydrogen) atoms. The molecule has 0 bridgehead atoms. The molecule has 0 radical (unpaired) electrons. The zero-order valence-corrected chi connectivity index (χ0v) is 14.5. The van der Waals surface area contributed by atoms with Crippen LogP contribution in [-0.4, -0.2) is 38.4 Å². The van der Waals surface area contributed by atoms with Crippen LogP contribution in [-0.2, 0) is 14.6 Å². The molecule has 0 saturated carbocycles. The third-order valence-electron chi connectivity index (χ3n) is 3.73. The van der Waals surface area contributed by atoms with E-state index in [9.17, 15) is 8.42 Å². The molecule has 0 saturated heterocycles. The van der Waals surface area contributed by atoms with Crippen LogP contribution in [0.5, 0.6) is 0 Å². The molecule has 0 aromatic rings. The van der Waals surface area contributed by atoms with E-state index in [4.69, 9.17) is 4.55 Å². The van der Waals surface area contributed by atoms with Crippen molar-refractivity contribution < 1.29 is 17.2 Å². The van der Waals surface area contributed by atoms with Crippen LogP contribution in [0.1, 0.15) is 96.8 Å². The van der Waals surface area contributed by atoms with Crippen molar-refractivity contribution in [1.29, 1.82) is 0 Å². The molecule has 130 valence electrons. The van der Waals surface area contributed by atoms with Gasteiger partial charge >= 0.3 is 29.3 Å². The number of hydrogen-bond acceptors (Lipinski definition) is 3. The summed E-state index contributed by atoms with van der Waals surface area (Å²) < 4.78 is 33.2. The molecule has 4 nitrogen and oxygen atoms in total. The minimum absolute atomic E-state index is 0. The van der Waals surface area contributed by atoms with Crippen molar-refractivity contribution in [3.63, 3.8) is 0 Å². The fraction of sp³-hybridized carbons (Fsp3) is 1.00. The molecule has 0 fully saturated rings. The van der Waals surface area contributed by atoms with Crippen LogP contribution in [0.4, 0.5) is 0 Å². The molecular weight excluding hydrogens is 295 g/mol. The molecule has 0 amide bonds. The first kappa shape index (κ1) is 24.7. The molecule has 0 unspecified atom stereocenters. The second-order valence-corrected chi connectivity index (χ2v) is 6.94. The molecule has 0 aliphatic carbocycles. The van der Waals surface area contributed by atoms with Crippen LogP contribution in [0.2, 0.25) is 0 Å². The Labute approximate surface area is 149 Å². The number of hydrogen-bond donors (Lipinski definition) is 1. The van der Waals surface area contributed by atoms with Crippen LogP contribution in [0.15, 0.2) is 0 Å². The molecule has 0 aliphatic heterocycles. The van der Waals surface area contributed by atoms with Gasteiger partial charge in [-0.2, -0.15) is 8.42 Å². The molecule has 1 N–H and O–H groups in total. The average molecular weight is 330 g/mol. The number of unbranched alkanes of at least 4 members (excludes halogenated alkanes) is 13. The van der Waals surface area contributed by atoms with Crippen molar-refractivity contribution >= 4 is 29.3 Å². The topological polar surface area (TPSA) is 63.6 Å². The van der Waals surface area contributed by atoms with E-state index < -0.39 is 10.4 Å². The summed E-state index contributed by atoms with van der Waals surface area (Å²) in [4.78, 5) is 0. The maximum absolute atomic E-state index is 10.3. The van der Waals surface area contributed by atoms with E-state index in [2.05, 4.69) is 11.1 Å². The van der Waals surface area contributed by atoms with Crippen LogP contribution in [0, 0.1) is 0 Å². The molecule has 0 aliphatic rings. The van der Waals surface area contributed by atoms with E-state index >= 15 is 0 Å². The average Bonchev–Trinajstić information content (AvgIpc) is 2.42. The molecule has 0 aromatic carbocycles. The zero-order chi connectivity index (χ0) is 15.8. The first-order chi connectivity index (χ1) is 10.1. The van der Waals surface area contributed by atoms with E-state index in [1.165, 1.54) is 70.6 Å². The second kappa shape index (κ2) is 17.8. The summed E-state index contributed by atoms with van der Waals surface area (Å²) in [7, 11) is -4.24. The zero-order valence-electron chi connectivity index (χ0n) is 13.7. The Morgan fingerprint density at radius 2 is 1.00 bits per heavy atom. The fourth-order valence-corrected chi connectivity index (χ4v) is 2.79. The van der Waals surface area contributed by atoms with Gasteiger partial charge in [0.15, 0.2) is 0 Å². The van der Waals surface area contributed by atoms with Gasteiger partial charge in [-0.3, -0.25) is 4.55 Å². The van der Waals surface area contributed by atoms with Crippen LogP contribution in [0.25, 0.3) is 0 Å². The summed E-state index contributed by atoms with van der Waals surface area (Å²) in [6.45, 7) is 2.35. The second-order valence-electron chi connectivity index (χ2n) is 5.85. The van der Waals surface area contributed by atoms with Gasteiger partial charge in [0.2, 0.25) is 0 Å². The van der Waals surface area contributed by atoms with E-state index in [-0.39, 0.29) is 25.5 Å². The van der Waals surface area contributed by atoms with Gasteiger partial charge in [-0.05, 0) is 6.42 Å². The maximum atomic E-state index is 10.3. The van der Waals surface area contributed by atoms with Crippen molar-refractivity contribution in [3.8, 4) is 0 Å². The molecule has 0 atom stereocenters. The molecule has 0 heterocycles. The van der Waals surface area contributed by atoms with Crippen LogP contribution < -0.4 is 0 Å². The normalized spacial score (nSPS) is 11.4. The predicted molar refractivity (Wildman–Crippen MR) is 95.0 cm³/mol. The van der Waals surface area contributed by atoms with Gasteiger partial charge in [-0.15, -0.1) is 0 Å². The molecule has 0 aromatic heterocycles. The van der Waals surface area contributed by atoms with E-state index in [0.717, 1.165) is 12.8 Å². The van der Waals surface area contributed by atoms with Gasteiger partial charge < -0.3 is 0 Å². The first-order valence-electron chi connectivity index (χ1n) is 8.68. The molecular formula is C16H35LiO4S. The van der Waals surface area contributed by atoms with E-state index in [1.54, 1.807) is 0 Å². The van der Waals surface area contributed by atoms with Crippen molar-refractivity contribution in [2.45, 2.75) is 96.8 Å². The summed E-state index contributed by atoms with van der Waals surface area (Å²) in [5.41, 5.74) is 0. The molecule has 6 heteroatoms. The van der Waals surface area contributed by atoms with Crippen LogP contribution >= 0.6 is 0 Å². The Morgan fingerprint density at radius 1 is 0.682 bits per heavy atom. The third kappa shape index (κ3) is 22.7. The summed E-state index contributed by atoms with van der Waals surface area (Å²) in [5, 5.41) is 0. The van der Waals surface area contributed by atoms with Crippen molar-refractivity contribution in [1.82, 2.24) is 0 Å². The van der Waals surface area contributed by atoms with Gasteiger partial charge in [-0.25, -0.2) is 4.18 Å². The van der Waals surface area contributed by atoms with Crippen molar-refractivity contribution in [3.05, 3.63) is 0 Å². The summed E-state index contributed by atoms with van der Waals surface area (Å²) in [6.07, 6.45) is 17.6.